The van der Waals surface area contributed by atoms with Crippen molar-refractivity contribution in [1.29, 1.82) is 0 Å². The van der Waals surface area contributed by atoms with Crippen LogP contribution in [0.4, 0.5) is 0 Å². The Kier molecular flexibility index (Phi) is 11.9. The number of hydrogen-bond donors (Lipinski definition) is 0. The molecule has 0 amide bonds. The minimum Gasteiger partial charge on any atom is -0.491 e. The van der Waals surface area contributed by atoms with Crippen LogP contribution < -0.4 is 0 Å². The van der Waals surface area contributed by atoms with Gasteiger partial charge in [-0.05, 0) is 26.7 Å². The van der Waals surface area contributed by atoms with Gasteiger partial charge in [-0.25, -0.2) is 0 Å². The molecule has 0 radical (unpaired) electrons. The molecule has 0 fully saturated rings. The molecule has 0 aromatic carbocycles. The summed E-state index contributed by atoms with van der Waals surface area (Å²) in [6.07, 6.45) is 3.97. The van der Waals surface area contributed by atoms with Crippen LogP contribution >= 0.6 is 0 Å². The van der Waals surface area contributed by atoms with Gasteiger partial charge in [0.15, 0.2) is 12.6 Å². The third-order valence-electron chi connectivity index (χ3n) is 2.21. The van der Waals surface area contributed by atoms with E-state index in [0.29, 0.717) is 25.8 Å². The van der Waals surface area contributed by atoms with Crippen LogP contribution in [0.3, 0.4) is 0 Å². The molecule has 4 heteroatoms. The lowest BCUT2D eigenvalue weighted by Gasteiger charge is -2.16. The minimum absolute atomic E-state index is 0.218. The van der Waals surface area contributed by atoms with Crippen molar-refractivity contribution >= 4 is 0 Å². The van der Waals surface area contributed by atoms with Gasteiger partial charge >= 0.3 is 5.95 Å². The fourth-order valence-electron chi connectivity index (χ4n) is 1.37. The highest BCUT2D eigenvalue weighted by Gasteiger charge is 2.10. The van der Waals surface area contributed by atoms with Crippen LogP contribution in [0.2, 0.25) is 0 Å². The zero-order chi connectivity index (χ0) is 13.6. The van der Waals surface area contributed by atoms with Crippen molar-refractivity contribution in [2.75, 3.05) is 26.6 Å². The van der Waals surface area contributed by atoms with Gasteiger partial charge in [0.25, 0.3) is 0 Å². The van der Waals surface area contributed by atoms with Crippen molar-refractivity contribution in [1.82, 2.24) is 0 Å². The van der Waals surface area contributed by atoms with E-state index in [1.165, 1.54) is 0 Å². The predicted octanol–water partition coefficient (Wildman–Crippen LogP) is 3.82. The monoisotopic (exact) mass is 260 g/mol. The molecule has 0 atom stereocenters. The van der Waals surface area contributed by atoms with E-state index in [1.54, 1.807) is 0 Å². The van der Waals surface area contributed by atoms with E-state index in [4.69, 9.17) is 18.9 Å². The van der Waals surface area contributed by atoms with Gasteiger partial charge < -0.3 is 18.9 Å². The maximum absolute atomic E-state index is 5.55. The van der Waals surface area contributed by atoms with E-state index in [-0.39, 0.29) is 6.79 Å². The van der Waals surface area contributed by atoms with Crippen molar-refractivity contribution in [3.05, 3.63) is 11.7 Å². The molecular formula is C14H28O4. The zero-order valence-electron chi connectivity index (χ0n) is 12.3. The number of ether oxygens (including phenoxy) is 4. The zero-order valence-corrected chi connectivity index (χ0v) is 12.3. The fraction of sp³-hybridized carbons (Fsp3) is 0.857. The molecule has 0 aromatic heterocycles. The van der Waals surface area contributed by atoms with E-state index in [9.17, 15) is 0 Å². The molecule has 0 aliphatic carbocycles. The molecular weight excluding hydrogens is 232 g/mol. The molecule has 108 valence electrons. The number of hydrogen-bond acceptors (Lipinski definition) is 4. The quantitative estimate of drug-likeness (QED) is 0.304. The summed E-state index contributed by atoms with van der Waals surface area (Å²) in [6, 6.07) is 0. The van der Waals surface area contributed by atoms with Gasteiger partial charge in [0.1, 0.15) is 0 Å². The van der Waals surface area contributed by atoms with Crippen molar-refractivity contribution < 1.29 is 18.9 Å². The highest BCUT2D eigenvalue weighted by atomic mass is 16.7. The highest BCUT2D eigenvalue weighted by molar-refractivity contribution is 4.94. The summed E-state index contributed by atoms with van der Waals surface area (Å²) in [4.78, 5) is 0. The highest BCUT2D eigenvalue weighted by Crippen LogP contribution is 2.15. The van der Waals surface area contributed by atoms with Crippen molar-refractivity contribution in [2.24, 2.45) is 0 Å². The second kappa shape index (κ2) is 12.6. The minimum atomic E-state index is 0.218. The van der Waals surface area contributed by atoms with Gasteiger partial charge in [-0.2, -0.15) is 0 Å². The van der Waals surface area contributed by atoms with Crippen LogP contribution in [-0.2, 0) is 18.9 Å². The topological polar surface area (TPSA) is 36.9 Å². The normalized spacial score (nSPS) is 12.0. The third kappa shape index (κ3) is 8.23. The maximum Gasteiger partial charge on any atom is 0.321 e. The predicted molar refractivity (Wildman–Crippen MR) is 72.0 cm³/mol. The first-order valence-corrected chi connectivity index (χ1v) is 6.99. The third-order valence-corrected chi connectivity index (χ3v) is 2.21. The second-order valence-electron chi connectivity index (χ2n) is 3.85. The first-order chi connectivity index (χ1) is 8.79. The van der Waals surface area contributed by atoms with E-state index in [2.05, 4.69) is 13.8 Å². The molecule has 0 aliphatic rings. The van der Waals surface area contributed by atoms with Gasteiger partial charge in [0.2, 0.25) is 0 Å². The van der Waals surface area contributed by atoms with E-state index in [0.717, 1.165) is 31.4 Å². The Morgan fingerprint density at radius 1 is 0.833 bits per heavy atom. The molecule has 4 nitrogen and oxygen atoms in total. The standard InChI is InChI=1S/C14H28O4/c1-5-9-11-15-12-18-14(17-8-4)13(10-6-2)16-7-3/h5-12H2,1-4H3. The summed E-state index contributed by atoms with van der Waals surface area (Å²) in [5.74, 6) is 1.25. The molecule has 18 heavy (non-hydrogen) atoms. The van der Waals surface area contributed by atoms with Crippen LogP contribution in [0.1, 0.15) is 53.4 Å². The Morgan fingerprint density at radius 3 is 2.11 bits per heavy atom. The summed E-state index contributed by atoms with van der Waals surface area (Å²) >= 11 is 0. The van der Waals surface area contributed by atoms with Crippen LogP contribution in [0.5, 0.6) is 0 Å². The lowest BCUT2D eigenvalue weighted by Crippen LogP contribution is -2.09. The van der Waals surface area contributed by atoms with Crippen molar-refractivity contribution in [2.45, 2.75) is 53.4 Å². The summed E-state index contributed by atoms with van der Waals surface area (Å²) in [5.41, 5.74) is 0. The fourth-order valence-corrected chi connectivity index (χ4v) is 1.37. The number of rotatable bonds is 12. The molecule has 0 unspecified atom stereocenters. The van der Waals surface area contributed by atoms with E-state index < -0.39 is 0 Å². The van der Waals surface area contributed by atoms with Crippen LogP contribution in [-0.4, -0.2) is 26.6 Å². The molecule has 0 saturated carbocycles. The molecule has 0 saturated heterocycles. The first kappa shape index (κ1) is 17.1. The second-order valence-corrected chi connectivity index (χ2v) is 3.85. The maximum atomic E-state index is 5.55. The SMILES string of the molecule is CCCCOCOC(OCC)=C(CCC)OCC. The summed E-state index contributed by atoms with van der Waals surface area (Å²) in [6.45, 7) is 10.2. The molecule has 0 spiro atoms. The summed E-state index contributed by atoms with van der Waals surface area (Å²) in [5, 5.41) is 0. The van der Waals surface area contributed by atoms with Gasteiger partial charge in [-0.15, -0.1) is 0 Å². The largest absolute Gasteiger partial charge is 0.491 e. The van der Waals surface area contributed by atoms with Crippen molar-refractivity contribution in [3.8, 4) is 0 Å². The van der Waals surface area contributed by atoms with Gasteiger partial charge in [0.05, 0.1) is 19.8 Å². The smallest absolute Gasteiger partial charge is 0.321 e. The Bertz CT molecular complexity index is 206. The van der Waals surface area contributed by atoms with E-state index in [1.807, 2.05) is 13.8 Å². The number of unbranched alkanes of at least 4 members (excludes halogenated alkanes) is 1. The Labute approximate surface area is 111 Å². The summed E-state index contributed by atoms with van der Waals surface area (Å²) in [7, 11) is 0. The molecule has 0 aromatic rings. The average Bonchev–Trinajstić information content (AvgIpc) is 2.37. The average molecular weight is 260 g/mol. The lowest BCUT2D eigenvalue weighted by atomic mass is 10.3. The molecule has 0 rings (SSSR count). The van der Waals surface area contributed by atoms with Gasteiger partial charge in [-0.3, -0.25) is 0 Å². The van der Waals surface area contributed by atoms with Crippen LogP contribution in [0.15, 0.2) is 11.7 Å². The van der Waals surface area contributed by atoms with Crippen molar-refractivity contribution in [3.63, 3.8) is 0 Å². The molecule has 0 bridgehead atoms. The number of allylic oxidation sites excluding steroid dienone is 1. The van der Waals surface area contributed by atoms with Gasteiger partial charge in [0, 0.05) is 6.42 Å². The first-order valence-electron chi connectivity index (χ1n) is 6.99. The van der Waals surface area contributed by atoms with Crippen LogP contribution in [0.25, 0.3) is 0 Å². The van der Waals surface area contributed by atoms with E-state index >= 15 is 0 Å². The summed E-state index contributed by atoms with van der Waals surface area (Å²) < 4.78 is 21.9. The Hall–Kier alpha value is -0.900. The molecule has 0 aliphatic heterocycles. The van der Waals surface area contributed by atoms with Gasteiger partial charge in [-0.1, -0.05) is 20.3 Å². The Balaban J connectivity index is 4.25. The van der Waals surface area contributed by atoms with Crippen LogP contribution in [0, 0.1) is 0 Å². The molecule has 0 heterocycles. The molecule has 0 N–H and O–H groups in total. The lowest BCUT2D eigenvalue weighted by molar-refractivity contribution is -0.0821. The Morgan fingerprint density at radius 2 is 1.56 bits per heavy atom.